The van der Waals surface area contributed by atoms with E-state index in [0.29, 0.717) is 89.4 Å². The lowest BCUT2D eigenvalue weighted by molar-refractivity contribution is -0.137. The number of nitriles is 6. The topological polar surface area (TPSA) is 178 Å². The molecule has 0 unspecified atom stereocenters. The Morgan fingerprint density at radius 3 is 1.20 bits per heavy atom. The first-order valence-electron chi connectivity index (χ1n) is 26.2. The standard InChI is InChI=1S/C71H35F3N10/c72-71(73,74)53-22-26-67(84-63-18-10-8-16-55(63)57-33-48(21-25-65(57)84)69-51(40-79)29-43(37-76)30-52(69)41-80)59(34-53)58-31-46(61-35-60(44-11-3-1-4-12-44)81-70(82-61)45-13-5-2-6-14-45)19-23-66(58)83-62-17-9-7-15-54(62)56-32-47(20-24-64(56)83)68-49(38-77)27-42(36-75)28-50(68)39-78/h1-35H. The van der Waals surface area contributed by atoms with Crippen molar-refractivity contribution in [3.8, 4) is 115 Å². The monoisotopic (exact) mass is 1080 g/mol. The maximum atomic E-state index is 15.6. The maximum absolute atomic E-state index is 15.6. The van der Waals surface area contributed by atoms with E-state index >= 15 is 13.2 Å². The zero-order valence-electron chi connectivity index (χ0n) is 43.8. The van der Waals surface area contributed by atoms with Crippen molar-refractivity contribution in [3.05, 3.63) is 251 Å². The Labute approximate surface area is 477 Å². The minimum Gasteiger partial charge on any atom is -0.309 e. The molecule has 0 bridgehead atoms. The Bertz CT molecular complexity index is 5080. The molecule has 10 nitrogen and oxygen atoms in total. The number of hydrogen-bond donors (Lipinski definition) is 0. The molecule has 84 heavy (non-hydrogen) atoms. The molecule has 0 amide bonds. The number of hydrogen-bond acceptors (Lipinski definition) is 8. The van der Waals surface area contributed by atoms with Crippen LogP contribution in [-0.4, -0.2) is 19.1 Å². The highest BCUT2D eigenvalue weighted by Gasteiger charge is 2.33. The lowest BCUT2D eigenvalue weighted by Crippen LogP contribution is -2.08. The van der Waals surface area contributed by atoms with Gasteiger partial charge in [0.05, 0.1) is 120 Å². The highest BCUT2D eigenvalue weighted by Crippen LogP contribution is 2.46. The fraction of sp³-hybridized carbons (Fsp3) is 0.0141. The van der Waals surface area contributed by atoms with Crippen LogP contribution in [0.4, 0.5) is 13.2 Å². The molecule has 0 fully saturated rings. The van der Waals surface area contributed by atoms with Gasteiger partial charge >= 0.3 is 6.18 Å². The van der Waals surface area contributed by atoms with Crippen molar-refractivity contribution in [2.75, 3.05) is 0 Å². The van der Waals surface area contributed by atoms with Crippen LogP contribution < -0.4 is 0 Å². The highest BCUT2D eigenvalue weighted by molar-refractivity contribution is 6.13. The molecule has 13 heteroatoms. The minimum absolute atomic E-state index is 0.135. The number of alkyl halides is 3. The van der Waals surface area contributed by atoms with E-state index in [0.717, 1.165) is 33.4 Å². The van der Waals surface area contributed by atoms with E-state index in [1.165, 1.54) is 36.4 Å². The molecule has 0 aliphatic heterocycles. The third kappa shape index (κ3) is 8.56. The molecule has 0 spiro atoms. The predicted molar refractivity (Wildman–Crippen MR) is 317 cm³/mol. The van der Waals surface area contributed by atoms with Crippen LogP contribution in [-0.2, 0) is 6.18 Å². The van der Waals surface area contributed by atoms with E-state index < -0.39 is 11.7 Å². The Kier molecular flexibility index (Phi) is 12.4. The third-order valence-corrected chi connectivity index (χ3v) is 15.2. The van der Waals surface area contributed by atoms with Crippen LogP contribution in [0, 0.1) is 68.0 Å². The molecule has 0 aliphatic rings. The van der Waals surface area contributed by atoms with Crippen molar-refractivity contribution in [2.45, 2.75) is 6.18 Å². The first-order chi connectivity index (χ1) is 41.0. The Balaban J connectivity index is 1.13. The zero-order chi connectivity index (χ0) is 57.8. The molecule has 10 aromatic carbocycles. The largest absolute Gasteiger partial charge is 0.416 e. The number of fused-ring (bicyclic) bond motifs is 6. The Hall–Kier alpha value is -12.4. The second-order valence-electron chi connectivity index (χ2n) is 19.9. The van der Waals surface area contributed by atoms with Crippen LogP contribution >= 0.6 is 0 Å². The molecule has 0 radical (unpaired) electrons. The van der Waals surface area contributed by atoms with Crippen molar-refractivity contribution in [3.63, 3.8) is 0 Å². The van der Waals surface area contributed by atoms with Gasteiger partial charge < -0.3 is 9.13 Å². The molecular formula is C71H35F3N10. The molecule has 0 saturated carbocycles. The van der Waals surface area contributed by atoms with Gasteiger partial charge in [0.2, 0.25) is 0 Å². The SMILES string of the molecule is N#Cc1cc(C#N)c(-c2ccc3c(c2)c2ccccc2n3-c2ccc(-c3cc(-c4ccccc4)nc(-c4ccccc4)n3)cc2-c2cc(C(F)(F)F)ccc2-n2c3ccccc3c3cc(-c4c(C#N)cc(C#N)cc4C#N)ccc32)c(C#N)c1. The summed E-state index contributed by atoms with van der Waals surface area (Å²) in [7, 11) is 0. The molecule has 3 heterocycles. The maximum Gasteiger partial charge on any atom is 0.416 e. The molecule has 13 aromatic rings. The first kappa shape index (κ1) is 51.1. The fourth-order valence-corrected chi connectivity index (χ4v) is 11.5. The van der Waals surface area contributed by atoms with Crippen LogP contribution in [0.25, 0.3) is 122 Å². The number of benzene rings is 10. The van der Waals surface area contributed by atoms with E-state index in [4.69, 9.17) is 9.97 Å². The van der Waals surface area contributed by atoms with Crippen LogP contribution in [0.2, 0.25) is 0 Å². The van der Waals surface area contributed by atoms with E-state index in [1.807, 2.05) is 179 Å². The normalized spacial score (nSPS) is 11.2. The van der Waals surface area contributed by atoms with Gasteiger partial charge in [-0.05, 0) is 108 Å². The van der Waals surface area contributed by atoms with E-state index in [9.17, 15) is 31.6 Å². The van der Waals surface area contributed by atoms with Gasteiger partial charge in [0, 0.05) is 60.5 Å². The molecular weight excluding hydrogens is 1050 g/mol. The van der Waals surface area contributed by atoms with Crippen LogP contribution in [0.1, 0.15) is 38.9 Å². The number of para-hydroxylation sites is 2. The fourth-order valence-electron chi connectivity index (χ4n) is 11.5. The summed E-state index contributed by atoms with van der Waals surface area (Å²) in [4.78, 5) is 10.2. The number of rotatable bonds is 8. The van der Waals surface area contributed by atoms with Crippen LogP contribution in [0.15, 0.2) is 212 Å². The first-order valence-corrected chi connectivity index (χ1v) is 26.2. The summed E-state index contributed by atoms with van der Waals surface area (Å²) >= 11 is 0. The highest BCUT2D eigenvalue weighted by atomic mass is 19.4. The van der Waals surface area contributed by atoms with Crippen LogP contribution in [0.5, 0.6) is 0 Å². The van der Waals surface area contributed by atoms with Gasteiger partial charge in [-0.2, -0.15) is 44.7 Å². The van der Waals surface area contributed by atoms with E-state index in [-0.39, 0.29) is 38.9 Å². The molecule has 13 rings (SSSR count). The van der Waals surface area contributed by atoms with Gasteiger partial charge in [-0.1, -0.05) is 115 Å². The smallest absolute Gasteiger partial charge is 0.309 e. The average Bonchev–Trinajstić information content (AvgIpc) is 2.34. The summed E-state index contributed by atoms with van der Waals surface area (Å²) in [5.41, 5.74) is 9.17. The van der Waals surface area contributed by atoms with Crippen molar-refractivity contribution < 1.29 is 13.2 Å². The van der Waals surface area contributed by atoms with Gasteiger partial charge in [0.25, 0.3) is 0 Å². The van der Waals surface area contributed by atoms with Gasteiger partial charge in [0.1, 0.15) is 0 Å². The lowest BCUT2D eigenvalue weighted by Gasteiger charge is -2.21. The van der Waals surface area contributed by atoms with Gasteiger partial charge in [-0.25, -0.2) is 9.97 Å². The van der Waals surface area contributed by atoms with Crippen LogP contribution in [0.3, 0.4) is 0 Å². The summed E-state index contributed by atoms with van der Waals surface area (Å²) in [6.45, 7) is 0. The number of aromatic nitrogens is 4. The Morgan fingerprint density at radius 1 is 0.333 bits per heavy atom. The van der Waals surface area contributed by atoms with Crippen molar-refractivity contribution in [1.82, 2.24) is 19.1 Å². The number of nitrogens with zero attached hydrogens (tertiary/aromatic N) is 10. The molecule has 0 atom stereocenters. The summed E-state index contributed by atoms with van der Waals surface area (Å²) in [6, 6.07) is 75.1. The van der Waals surface area contributed by atoms with Crippen molar-refractivity contribution in [1.29, 1.82) is 31.6 Å². The second-order valence-corrected chi connectivity index (χ2v) is 19.9. The molecule has 0 N–H and O–H groups in total. The molecule has 0 saturated heterocycles. The molecule has 390 valence electrons. The van der Waals surface area contributed by atoms with Gasteiger partial charge in [0.15, 0.2) is 5.82 Å². The van der Waals surface area contributed by atoms with Gasteiger partial charge in [-0.3, -0.25) is 0 Å². The van der Waals surface area contributed by atoms with Gasteiger partial charge in [-0.15, -0.1) is 0 Å². The average molecular weight is 1090 g/mol. The lowest BCUT2D eigenvalue weighted by atomic mass is 9.92. The summed E-state index contributed by atoms with van der Waals surface area (Å²) in [6.07, 6.45) is -4.79. The Morgan fingerprint density at radius 2 is 0.738 bits per heavy atom. The molecule has 0 aliphatic carbocycles. The van der Waals surface area contributed by atoms with E-state index in [2.05, 4.69) is 24.3 Å². The summed E-state index contributed by atoms with van der Waals surface area (Å²) < 4.78 is 50.6. The molecule has 3 aromatic heterocycles. The predicted octanol–water partition coefficient (Wildman–Crippen LogP) is 16.9. The second kappa shape index (κ2) is 20.4. The minimum atomic E-state index is -4.79. The van der Waals surface area contributed by atoms with Crippen molar-refractivity contribution >= 4 is 43.6 Å². The quantitative estimate of drug-likeness (QED) is 0.144. The zero-order valence-corrected chi connectivity index (χ0v) is 43.8. The summed E-state index contributed by atoms with van der Waals surface area (Å²) in [5.74, 6) is 0.436. The van der Waals surface area contributed by atoms with E-state index in [1.54, 1.807) is 12.1 Å². The summed E-state index contributed by atoms with van der Waals surface area (Å²) in [5, 5.41) is 63.8. The van der Waals surface area contributed by atoms with Crippen molar-refractivity contribution in [2.24, 2.45) is 0 Å². The third-order valence-electron chi connectivity index (χ3n) is 15.2. The number of halogens is 3.